The van der Waals surface area contributed by atoms with Crippen LogP contribution in [0.2, 0.25) is 0 Å². The van der Waals surface area contributed by atoms with Crippen molar-refractivity contribution in [3.05, 3.63) is 17.7 Å². The van der Waals surface area contributed by atoms with E-state index in [1.165, 1.54) is 10.4 Å². The van der Waals surface area contributed by atoms with Crippen molar-refractivity contribution in [3.8, 4) is 5.75 Å². The van der Waals surface area contributed by atoms with Crippen LogP contribution in [-0.2, 0) is 19.6 Å². The Morgan fingerprint density at radius 2 is 2.03 bits per heavy atom. The number of carbonyl (C=O) groups excluding carboxylic acids is 2. The van der Waals surface area contributed by atoms with Gasteiger partial charge < -0.3 is 15.4 Å². The van der Waals surface area contributed by atoms with Crippen LogP contribution in [0.15, 0.2) is 17.0 Å². The minimum absolute atomic E-state index is 0.106. The number of nitrogens with zero attached hydrogens (tertiary/aromatic N) is 1. The number of hydrogen-bond acceptors (Lipinski definition) is 5. The summed E-state index contributed by atoms with van der Waals surface area (Å²) in [6, 6.07) is 3.12. The summed E-state index contributed by atoms with van der Waals surface area (Å²) in [6.45, 7) is 9.98. The van der Waals surface area contributed by atoms with Crippen molar-refractivity contribution in [1.82, 2.24) is 9.62 Å². The Kier molecular flexibility index (Phi) is 6.67. The Bertz CT molecular complexity index is 974. The lowest BCUT2D eigenvalue weighted by Gasteiger charge is -2.34. The molecule has 0 aromatic heterocycles. The first-order valence-corrected chi connectivity index (χ1v) is 12.4. The Hall–Kier alpha value is -2.13. The van der Waals surface area contributed by atoms with E-state index in [2.05, 4.69) is 10.6 Å². The molecule has 0 saturated carbocycles. The van der Waals surface area contributed by atoms with Crippen molar-refractivity contribution in [2.45, 2.75) is 76.8 Å². The van der Waals surface area contributed by atoms with E-state index in [0.717, 1.165) is 6.42 Å². The second kappa shape index (κ2) is 8.78. The molecule has 2 N–H and O–H groups in total. The maximum atomic E-state index is 13.5. The number of fused-ring (bicyclic) bond motifs is 1. The maximum Gasteiger partial charge on any atom is 0.265 e. The van der Waals surface area contributed by atoms with Gasteiger partial charge in [0.15, 0.2) is 6.10 Å². The van der Waals surface area contributed by atoms with Crippen LogP contribution in [0.1, 0.15) is 58.9 Å². The second-order valence-corrected chi connectivity index (χ2v) is 11.0. The van der Waals surface area contributed by atoms with Gasteiger partial charge in [-0.1, -0.05) is 13.8 Å². The molecule has 1 aromatic carbocycles. The fourth-order valence-corrected chi connectivity index (χ4v) is 5.61. The zero-order chi connectivity index (χ0) is 23.0. The highest BCUT2D eigenvalue weighted by Gasteiger charge is 2.36. The number of aryl methyl sites for hydroxylation is 1. The molecule has 9 heteroatoms. The number of nitrogens with one attached hydrogen (secondary N) is 2. The largest absolute Gasteiger partial charge is 0.478 e. The van der Waals surface area contributed by atoms with Gasteiger partial charge in [0.1, 0.15) is 5.75 Å². The van der Waals surface area contributed by atoms with Crippen molar-refractivity contribution >= 4 is 27.5 Å². The van der Waals surface area contributed by atoms with Gasteiger partial charge in [-0.05, 0) is 58.1 Å². The third-order valence-corrected chi connectivity index (χ3v) is 8.19. The van der Waals surface area contributed by atoms with Gasteiger partial charge >= 0.3 is 0 Å². The van der Waals surface area contributed by atoms with Crippen LogP contribution in [0.3, 0.4) is 0 Å². The molecule has 172 valence electrons. The molecule has 1 aromatic rings. The lowest BCUT2D eigenvalue weighted by Crippen LogP contribution is -2.50. The third kappa shape index (κ3) is 4.87. The highest BCUT2D eigenvalue weighted by atomic mass is 32.2. The predicted octanol–water partition coefficient (Wildman–Crippen LogP) is 2.81. The number of amides is 2. The molecule has 1 fully saturated rings. The van der Waals surface area contributed by atoms with Crippen LogP contribution < -0.4 is 15.4 Å². The van der Waals surface area contributed by atoms with Crippen LogP contribution in [-0.4, -0.2) is 49.3 Å². The van der Waals surface area contributed by atoms with E-state index in [-0.39, 0.29) is 34.7 Å². The number of ether oxygens (including phenoxy) is 1. The fourth-order valence-electron chi connectivity index (χ4n) is 3.87. The molecule has 2 amide bonds. The number of benzene rings is 1. The van der Waals surface area contributed by atoms with Gasteiger partial charge in [-0.2, -0.15) is 4.31 Å². The van der Waals surface area contributed by atoms with E-state index in [4.69, 9.17) is 4.74 Å². The number of piperidine rings is 1. The summed E-state index contributed by atoms with van der Waals surface area (Å²) in [4.78, 5) is 24.9. The summed E-state index contributed by atoms with van der Waals surface area (Å²) in [5, 5.41) is 5.82. The molecular formula is C22H33N3O5S. The van der Waals surface area contributed by atoms with E-state index in [0.29, 0.717) is 42.8 Å². The molecule has 3 rings (SSSR count). The number of rotatable bonds is 6. The van der Waals surface area contributed by atoms with Crippen LogP contribution in [0.4, 0.5) is 5.69 Å². The average molecular weight is 452 g/mol. The molecule has 0 radical (unpaired) electrons. The first-order chi connectivity index (χ1) is 14.5. The van der Waals surface area contributed by atoms with E-state index in [9.17, 15) is 18.0 Å². The number of hydrogen-bond donors (Lipinski definition) is 2. The topological polar surface area (TPSA) is 105 Å². The summed E-state index contributed by atoms with van der Waals surface area (Å²) >= 11 is 0. The van der Waals surface area contributed by atoms with E-state index in [1.54, 1.807) is 13.0 Å². The first kappa shape index (κ1) is 23.5. The third-order valence-electron chi connectivity index (χ3n) is 6.19. The van der Waals surface area contributed by atoms with Crippen molar-refractivity contribution in [2.75, 3.05) is 18.4 Å². The van der Waals surface area contributed by atoms with E-state index >= 15 is 0 Å². The summed E-state index contributed by atoms with van der Waals surface area (Å²) in [5.41, 5.74) is 0.672. The van der Waals surface area contributed by atoms with Gasteiger partial charge in [0.25, 0.3) is 5.91 Å². The minimum Gasteiger partial charge on any atom is -0.478 e. The Balaban J connectivity index is 1.84. The minimum atomic E-state index is -3.82. The molecule has 8 nitrogen and oxygen atoms in total. The fraction of sp³-hybridized carbons (Fsp3) is 0.636. The Labute approximate surface area is 184 Å². The maximum absolute atomic E-state index is 13.5. The summed E-state index contributed by atoms with van der Waals surface area (Å²) in [6.07, 6.45) is 1.91. The molecule has 31 heavy (non-hydrogen) atoms. The quantitative estimate of drug-likeness (QED) is 0.692. The molecular weight excluding hydrogens is 418 g/mol. The van der Waals surface area contributed by atoms with Crippen molar-refractivity contribution in [2.24, 2.45) is 5.92 Å². The number of sulfonamides is 1. The van der Waals surface area contributed by atoms with Crippen molar-refractivity contribution in [3.63, 3.8) is 0 Å². The number of anilines is 1. The number of carbonyl (C=O) groups is 2. The molecule has 0 bridgehead atoms. The van der Waals surface area contributed by atoms with Gasteiger partial charge in [-0.3, -0.25) is 9.59 Å². The average Bonchev–Trinajstić information content (AvgIpc) is 2.72. The van der Waals surface area contributed by atoms with Gasteiger partial charge in [-0.25, -0.2) is 8.42 Å². The smallest absolute Gasteiger partial charge is 0.265 e. The Morgan fingerprint density at radius 3 is 2.68 bits per heavy atom. The van der Waals surface area contributed by atoms with Gasteiger partial charge in [0.2, 0.25) is 15.9 Å². The molecule has 1 saturated heterocycles. The lowest BCUT2D eigenvalue weighted by molar-refractivity contribution is -0.127. The van der Waals surface area contributed by atoms with Crippen LogP contribution in [0.25, 0.3) is 0 Å². The summed E-state index contributed by atoms with van der Waals surface area (Å²) in [5.74, 6) is -0.366. The second-order valence-electron chi connectivity index (χ2n) is 9.05. The van der Waals surface area contributed by atoms with Crippen molar-refractivity contribution < 1.29 is 22.7 Å². The Morgan fingerprint density at radius 1 is 1.32 bits per heavy atom. The first-order valence-electron chi connectivity index (χ1n) is 10.9. The zero-order valence-corrected chi connectivity index (χ0v) is 19.8. The van der Waals surface area contributed by atoms with E-state index < -0.39 is 16.1 Å². The van der Waals surface area contributed by atoms with Gasteiger partial charge in [0, 0.05) is 24.7 Å². The highest BCUT2D eigenvalue weighted by Crippen LogP contribution is 2.36. The van der Waals surface area contributed by atoms with E-state index in [1.807, 2.05) is 27.7 Å². The molecule has 2 aliphatic heterocycles. The predicted molar refractivity (Wildman–Crippen MR) is 119 cm³/mol. The molecule has 0 aliphatic carbocycles. The van der Waals surface area contributed by atoms with Crippen LogP contribution >= 0.6 is 0 Å². The lowest BCUT2D eigenvalue weighted by atomic mass is 9.95. The van der Waals surface area contributed by atoms with Gasteiger partial charge in [0.05, 0.1) is 16.5 Å². The highest BCUT2D eigenvalue weighted by molar-refractivity contribution is 7.89. The molecule has 2 aliphatic rings. The normalized spacial score (nSPS) is 22.3. The van der Waals surface area contributed by atoms with Crippen molar-refractivity contribution in [1.29, 1.82) is 0 Å². The molecule has 0 spiro atoms. The zero-order valence-electron chi connectivity index (χ0n) is 18.9. The summed E-state index contributed by atoms with van der Waals surface area (Å²) < 4.78 is 34.1. The monoisotopic (exact) mass is 451 g/mol. The molecule has 0 unspecified atom stereocenters. The standard InChI is InChI=1S/C22H33N3O5S/c1-6-17-21(27)23-16-11-14(3)19(12-18(16)30-17)31(28,29)25-10-8-9-15(13-25)20(26)24-22(4,5)7-2/h11-12,15,17H,6-10,13H2,1-5H3,(H,23,27)(H,24,26)/t15-,17-/m0/s1. The summed E-state index contributed by atoms with van der Waals surface area (Å²) in [7, 11) is -3.82. The van der Waals surface area contributed by atoms with Crippen LogP contribution in [0, 0.1) is 12.8 Å². The molecule has 2 atom stereocenters. The van der Waals surface area contributed by atoms with Crippen LogP contribution in [0.5, 0.6) is 5.75 Å². The van der Waals surface area contributed by atoms with Gasteiger partial charge in [-0.15, -0.1) is 0 Å². The SMILES string of the molecule is CC[C@@H]1Oc2cc(S(=O)(=O)N3CCC[C@H](C(=O)NC(C)(C)CC)C3)c(C)cc2NC1=O. The molecule has 2 heterocycles.